The zero-order valence-corrected chi connectivity index (χ0v) is 17.4. The van der Waals surface area contributed by atoms with E-state index in [0.29, 0.717) is 5.88 Å². The number of benzene rings is 2. The van der Waals surface area contributed by atoms with Gasteiger partial charge in [-0.2, -0.15) is 0 Å². The number of fused-ring (bicyclic) bond motifs is 1. The molecule has 0 bridgehead atoms. The number of halogens is 1. The topological polar surface area (TPSA) is 39.2 Å². The van der Waals surface area contributed by atoms with E-state index in [0.717, 1.165) is 26.6 Å². The predicted octanol–water partition coefficient (Wildman–Crippen LogP) is 7.04. The minimum Gasteiger partial charge on any atom is -0.440 e. The molecule has 0 aliphatic rings. The van der Waals surface area contributed by atoms with Crippen molar-refractivity contribution in [2.45, 2.75) is 52.4 Å². The minimum atomic E-state index is -0.0270. The van der Waals surface area contributed by atoms with Gasteiger partial charge in [0, 0.05) is 15.4 Å². The highest BCUT2D eigenvalue weighted by Crippen LogP contribution is 2.43. The Morgan fingerprint density at radius 1 is 0.880 bits per heavy atom. The van der Waals surface area contributed by atoms with Gasteiger partial charge in [0.15, 0.2) is 5.88 Å². The number of rotatable bonds is 1. The fourth-order valence-corrected chi connectivity index (χ4v) is 3.39. The molecule has 2 nitrogen and oxygen atoms in total. The number of hydrogen-bond acceptors (Lipinski definition) is 2. The lowest BCUT2D eigenvalue weighted by Gasteiger charge is -2.25. The van der Waals surface area contributed by atoms with E-state index in [9.17, 15) is 0 Å². The fraction of sp³-hybridized carbons (Fsp3) is 0.364. The van der Waals surface area contributed by atoms with Crippen LogP contribution in [-0.4, -0.2) is 0 Å². The third-order valence-corrected chi connectivity index (χ3v) is 5.15. The first-order valence-electron chi connectivity index (χ1n) is 8.61. The van der Waals surface area contributed by atoms with Crippen LogP contribution in [0.4, 0.5) is 5.88 Å². The highest BCUT2D eigenvalue weighted by molar-refractivity contribution is 9.10. The van der Waals surface area contributed by atoms with Gasteiger partial charge in [-0.25, -0.2) is 0 Å². The van der Waals surface area contributed by atoms with E-state index in [1.54, 1.807) is 0 Å². The molecule has 0 aliphatic heterocycles. The molecule has 0 saturated carbocycles. The van der Waals surface area contributed by atoms with E-state index < -0.39 is 0 Å². The molecule has 1 aromatic heterocycles. The fourth-order valence-electron chi connectivity index (χ4n) is 3.12. The Morgan fingerprint density at radius 3 is 2.00 bits per heavy atom. The van der Waals surface area contributed by atoms with Gasteiger partial charge in [-0.3, -0.25) is 0 Å². The van der Waals surface area contributed by atoms with Crippen LogP contribution in [0.5, 0.6) is 0 Å². The van der Waals surface area contributed by atoms with Gasteiger partial charge in [0.25, 0.3) is 0 Å². The monoisotopic (exact) mass is 399 g/mol. The number of nitrogens with two attached hydrogens (primary N) is 1. The van der Waals surface area contributed by atoms with Gasteiger partial charge in [-0.1, -0.05) is 75.7 Å². The lowest BCUT2D eigenvalue weighted by atomic mass is 9.79. The maximum absolute atomic E-state index is 6.32. The molecular weight excluding hydrogens is 374 g/mol. The second-order valence-electron chi connectivity index (χ2n) is 8.75. The van der Waals surface area contributed by atoms with Crippen molar-refractivity contribution in [3.63, 3.8) is 0 Å². The van der Waals surface area contributed by atoms with Gasteiger partial charge < -0.3 is 10.2 Å². The molecule has 3 heteroatoms. The largest absolute Gasteiger partial charge is 0.440 e. The summed E-state index contributed by atoms with van der Waals surface area (Å²) in [5, 5.41) is 1.09. The summed E-state index contributed by atoms with van der Waals surface area (Å²) in [5.74, 6) is 0.480. The van der Waals surface area contributed by atoms with Crippen LogP contribution in [0.1, 0.15) is 52.7 Å². The summed E-state index contributed by atoms with van der Waals surface area (Å²) in [5.41, 5.74) is 11.8. The second kappa shape index (κ2) is 5.91. The molecule has 0 spiro atoms. The van der Waals surface area contributed by atoms with Gasteiger partial charge in [-0.15, -0.1) is 0 Å². The van der Waals surface area contributed by atoms with Crippen LogP contribution in [-0.2, 0) is 10.8 Å². The maximum Gasteiger partial charge on any atom is 0.199 e. The second-order valence-corrected chi connectivity index (χ2v) is 9.66. The molecular formula is C22H26BrNO. The number of nitrogen functional groups attached to an aromatic ring is 1. The lowest BCUT2D eigenvalue weighted by molar-refractivity contribution is 0.555. The summed E-state index contributed by atoms with van der Waals surface area (Å²) in [6.45, 7) is 13.4. The third kappa shape index (κ3) is 3.35. The first-order valence-corrected chi connectivity index (χ1v) is 9.40. The minimum absolute atomic E-state index is 0.0270. The molecule has 0 aliphatic carbocycles. The summed E-state index contributed by atoms with van der Waals surface area (Å²) in [6, 6.07) is 12.7. The lowest BCUT2D eigenvalue weighted by Crippen LogP contribution is -2.16. The first-order chi connectivity index (χ1) is 11.5. The molecule has 2 N–H and O–H groups in total. The first kappa shape index (κ1) is 18.1. The van der Waals surface area contributed by atoms with Gasteiger partial charge in [0.1, 0.15) is 5.58 Å². The summed E-state index contributed by atoms with van der Waals surface area (Å²) in [4.78, 5) is 0. The van der Waals surface area contributed by atoms with Crippen molar-refractivity contribution in [3.05, 3.63) is 52.0 Å². The Kier molecular flexibility index (Phi) is 4.27. The van der Waals surface area contributed by atoms with Crippen LogP contribution in [0.15, 0.2) is 45.3 Å². The summed E-state index contributed by atoms with van der Waals surface area (Å²) in [6.07, 6.45) is 0. The zero-order chi connectivity index (χ0) is 18.6. The van der Waals surface area contributed by atoms with E-state index in [2.05, 4.69) is 81.7 Å². The SMILES string of the molecule is CC(C)(C)c1cc(C(C)(C)C)c2oc(N)c(-c3ccc(Br)cc3)c2c1. The van der Waals surface area contributed by atoms with Gasteiger partial charge in [-0.05, 0) is 40.2 Å². The van der Waals surface area contributed by atoms with Crippen LogP contribution in [0.25, 0.3) is 22.1 Å². The number of furan rings is 1. The molecule has 2 aromatic carbocycles. The van der Waals surface area contributed by atoms with Crippen molar-refractivity contribution in [3.8, 4) is 11.1 Å². The zero-order valence-electron chi connectivity index (χ0n) is 15.8. The van der Waals surface area contributed by atoms with Gasteiger partial charge in [0.2, 0.25) is 0 Å². The Hall–Kier alpha value is -1.74. The van der Waals surface area contributed by atoms with Crippen molar-refractivity contribution in [2.75, 3.05) is 5.73 Å². The standard InChI is InChI=1S/C22H26BrNO/c1-21(2,3)14-11-16-18(13-7-9-15(23)10-8-13)20(24)25-19(16)17(12-14)22(4,5)6/h7-12H,24H2,1-6H3. The molecule has 25 heavy (non-hydrogen) atoms. The number of anilines is 1. The summed E-state index contributed by atoms with van der Waals surface area (Å²) in [7, 11) is 0. The van der Waals surface area contributed by atoms with E-state index in [1.165, 1.54) is 11.1 Å². The van der Waals surface area contributed by atoms with E-state index in [4.69, 9.17) is 10.2 Å². The summed E-state index contributed by atoms with van der Waals surface area (Å²) < 4.78 is 7.12. The Bertz CT molecular complexity index is 922. The molecule has 0 amide bonds. The van der Waals surface area contributed by atoms with Crippen LogP contribution >= 0.6 is 15.9 Å². The Balaban J connectivity index is 2.40. The van der Waals surface area contributed by atoms with Gasteiger partial charge >= 0.3 is 0 Å². The number of hydrogen-bond donors (Lipinski definition) is 1. The van der Waals surface area contributed by atoms with Crippen LogP contribution < -0.4 is 5.73 Å². The van der Waals surface area contributed by atoms with Crippen molar-refractivity contribution < 1.29 is 4.42 Å². The third-order valence-electron chi connectivity index (χ3n) is 4.62. The molecule has 0 saturated heterocycles. The molecule has 3 aromatic rings. The predicted molar refractivity (Wildman–Crippen MR) is 111 cm³/mol. The van der Waals surface area contributed by atoms with Crippen LogP contribution in [0.3, 0.4) is 0 Å². The van der Waals surface area contributed by atoms with Crippen LogP contribution in [0, 0.1) is 0 Å². The molecule has 0 atom stereocenters. The average Bonchev–Trinajstić information content (AvgIpc) is 2.81. The highest BCUT2D eigenvalue weighted by atomic mass is 79.9. The quantitative estimate of drug-likeness (QED) is 0.476. The smallest absolute Gasteiger partial charge is 0.199 e. The molecule has 1 heterocycles. The molecule has 3 rings (SSSR count). The summed E-state index contributed by atoms with van der Waals surface area (Å²) >= 11 is 3.50. The molecule has 0 fully saturated rings. The van der Waals surface area contributed by atoms with Crippen molar-refractivity contribution in [1.82, 2.24) is 0 Å². The van der Waals surface area contributed by atoms with Crippen molar-refractivity contribution >= 4 is 32.8 Å². The van der Waals surface area contributed by atoms with Crippen LogP contribution in [0.2, 0.25) is 0 Å². The molecule has 0 radical (unpaired) electrons. The average molecular weight is 400 g/mol. The van der Waals surface area contributed by atoms with Gasteiger partial charge in [0.05, 0.1) is 5.56 Å². The molecule has 0 unspecified atom stereocenters. The van der Waals surface area contributed by atoms with Crippen molar-refractivity contribution in [1.29, 1.82) is 0 Å². The Labute approximate surface area is 158 Å². The highest BCUT2D eigenvalue weighted by Gasteiger charge is 2.26. The van der Waals surface area contributed by atoms with E-state index in [1.807, 2.05) is 12.1 Å². The Morgan fingerprint density at radius 2 is 1.48 bits per heavy atom. The molecule has 132 valence electrons. The van der Waals surface area contributed by atoms with Crippen molar-refractivity contribution in [2.24, 2.45) is 0 Å². The van der Waals surface area contributed by atoms with E-state index >= 15 is 0 Å². The normalized spacial score (nSPS) is 12.8. The maximum atomic E-state index is 6.32. The van der Waals surface area contributed by atoms with E-state index in [-0.39, 0.29) is 10.8 Å².